The van der Waals surface area contributed by atoms with Crippen molar-refractivity contribution >= 4 is 17.8 Å². The van der Waals surface area contributed by atoms with Gasteiger partial charge in [0.05, 0.1) is 12.7 Å². The molecule has 6 nitrogen and oxygen atoms in total. The number of carboxylic acid groups (broad SMARTS) is 1. The predicted molar refractivity (Wildman–Crippen MR) is 72.8 cm³/mol. The third-order valence-electron chi connectivity index (χ3n) is 3.54. The molecule has 0 saturated carbocycles. The monoisotopic (exact) mass is 278 g/mol. The molecule has 0 bridgehead atoms. The Balaban J connectivity index is 1.99. The van der Waals surface area contributed by atoms with Gasteiger partial charge in [0.2, 0.25) is 0 Å². The summed E-state index contributed by atoms with van der Waals surface area (Å²) in [6.45, 7) is 1.62. The van der Waals surface area contributed by atoms with Crippen LogP contribution in [0.15, 0.2) is 18.3 Å². The molecule has 0 aliphatic carbocycles. The molecular formula is C14H18N2O4. The highest BCUT2D eigenvalue weighted by Gasteiger charge is 2.24. The van der Waals surface area contributed by atoms with Crippen LogP contribution >= 0.6 is 0 Å². The molecule has 0 spiro atoms. The lowest BCUT2D eigenvalue weighted by atomic mass is 10.0. The van der Waals surface area contributed by atoms with Crippen molar-refractivity contribution < 1.29 is 19.4 Å². The Morgan fingerprint density at radius 3 is 3.05 bits per heavy atom. The highest BCUT2D eigenvalue weighted by Crippen LogP contribution is 2.25. The van der Waals surface area contributed by atoms with Crippen LogP contribution in [0.5, 0.6) is 0 Å². The van der Waals surface area contributed by atoms with Crippen LogP contribution in [0.25, 0.3) is 0 Å². The van der Waals surface area contributed by atoms with E-state index in [4.69, 9.17) is 5.11 Å². The Hall–Kier alpha value is -2.11. The van der Waals surface area contributed by atoms with E-state index in [1.54, 1.807) is 18.3 Å². The zero-order chi connectivity index (χ0) is 14.5. The first kappa shape index (κ1) is 14.3. The van der Waals surface area contributed by atoms with Crippen LogP contribution in [0.2, 0.25) is 0 Å². The summed E-state index contributed by atoms with van der Waals surface area (Å²) in [6, 6.07) is 3.33. The molecule has 1 atom stereocenters. The largest absolute Gasteiger partial charge is 0.481 e. The predicted octanol–water partition coefficient (Wildman–Crippen LogP) is 1.56. The van der Waals surface area contributed by atoms with Gasteiger partial charge in [-0.3, -0.25) is 4.79 Å². The van der Waals surface area contributed by atoms with Crippen molar-refractivity contribution in [2.24, 2.45) is 5.92 Å². The fourth-order valence-corrected chi connectivity index (χ4v) is 2.44. The lowest BCUT2D eigenvalue weighted by molar-refractivity contribution is -0.137. The highest BCUT2D eigenvalue weighted by molar-refractivity contribution is 5.90. The molecule has 1 N–H and O–H groups in total. The molecule has 0 amide bonds. The van der Waals surface area contributed by atoms with Gasteiger partial charge in [0.1, 0.15) is 5.82 Å². The van der Waals surface area contributed by atoms with Crippen molar-refractivity contribution in [3.63, 3.8) is 0 Å². The zero-order valence-electron chi connectivity index (χ0n) is 11.4. The van der Waals surface area contributed by atoms with Gasteiger partial charge in [-0.1, -0.05) is 0 Å². The summed E-state index contributed by atoms with van der Waals surface area (Å²) in [5.74, 6) is -0.0232. The van der Waals surface area contributed by atoms with Crippen molar-refractivity contribution in [1.29, 1.82) is 0 Å². The highest BCUT2D eigenvalue weighted by atomic mass is 16.5. The number of rotatable bonds is 5. The van der Waals surface area contributed by atoms with Gasteiger partial charge < -0.3 is 14.7 Å². The molecule has 1 aliphatic rings. The number of nitrogens with zero attached hydrogens (tertiary/aromatic N) is 2. The van der Waals surface area contributed by atoms with Gasteiger partial charge in [-0.25, -0.2) is 9.78 Å². The number of carboxylic acids is 1. The van der Waals surface area contributed by atoms with E-state index < -0.39 is 5.97 Å². The average Bonchev–Trinajstić information content (AvgIpc) is 2.93. The van der Waals surface area contributed by atoms with Gasteiger partial charge in [-0.2, -0.15) is 0 Å². The Morgan fingerprint density at radius 1 is 1.55 bits per heavy atom. The van der Waals surface area contributed by atoms with Gasteiger partial charge in [0.15, 0.2) is 0 Å². The third kappa shape index (κ3) is 3.46. The Bertz CT molecular complexity index is 504. The molecule has 20 heavy (non-hydrogen) atoms. The van der Waals surface area contributed by atoms with Crippen LogP contribution in [0.1, 0.15) is 29.6 Å². The van der Waals surface area contributed by atoms with E-state index in [2.05, 4.69) is 14.6 Å². The molecule has 1 saturated heterocycles. The van der Waals surface area contributed by atoms with Gasteiger partial charge in [-0.05, 0) is 30.9 Å². The number of ether oxygens (including phenoxy) is 1. The lowest BCUT2D eigenvalue weighted by Crippen LogP contribution is -2.21. The topological polar surface area (TPSA) is 79.7 Å². The number of pyridine rings is 1. The normalized spacial score (nSPS) is 18.1. The molecule has 6 heteroatoms. The molecule has 0 aromatic carbocycles. The fraction of sp³-hybridized carbons (Fsp3) is 0.500. The quantitative estimate of drug-likeness (QED) is 0.823. The smallest absolute Gasteiger partial charge is 0.338 e. The third-order valence-corrected chi connectivity index (χ3v) is 3.54. The van der Waals surface area contributed by atoms with Crippen molar-refractivity contribution in [3.8, 4) is 0 Å². The van der Waals surface area contributed by atoms with E-state index in [9.17, 15) is 9.59 Å². The summed E-state index contributed by atoms with van der Waals surface area (Å²) in [5, 5.41) is 8.70. The first-order chi connectivity index (χ1) is 9.60. The van der Waals surface area contributed by atoms with Crippen LogP contribution in [0, 0.1) is 5.92 Å². The average molecular weight is 278 g/mol. The van der Waals surface area contributed by atoms with Gasteiger partial charge in [-0.15, -0.1) is 0 Å². The van der Waals surface area contributed by atoms with Crippen molar-refractivity contribution in [3.05, 3.63) is 23.9 Å². The summed E-state index contributed by atoms with van der Waals surface area (Å²) < 4.78 is 4.69. The zero-order valence-corrected chi connectivity index (χ0v) is 11.4. The van der Waals surface area contributed by atoms with Crippen LogP contribution in [-0.2, 0) is 9.53 Å². The second kappa shape index (κ2) is 6.36. The maximum absolute atomic E-state index is 11.5. The van der Waals surface area contributed by atoms with E-state index in [1.165, 1.54) is 7.11 Å². The Kier molecular flexibility index (Phi) is 4.55. The molecule has 2 rings (SSSR count). The summed E-state index contributed by atoms with van der Waals surface area (Å²) in [4.78, 5) is 28.4. The maximum Gasteiger partial charge on any atom is 0.338 e. The summed E-state index contributed by atoms with van der Waals surface area (Å²) in [6.07, 6.45) is 3.43. The second-order valence-corrected chi connectivity index (χ2v) is 4.93. The molecule has 1 fully saturated rings. The first-order valence-electron chi connectivity index (χ1n) is 6.61. The van der Waals surface area contributed by atoms with Crippen LogP contribution in [-0.4, -0.2) is 42.2 Å². The molecule has 108 valence electrons. The van der Waals surface area contributed by atoms with Gasteiger partial charge in [0, 0.05) is 25.7 Å². The van der Waals surface area contributed by atoms with Crippen LogP contribution in [0.4, 0.5) is 5.82 Å². The number of aromatic nitrogens is 1. The molecular weight excluding hydrogens is 260 g/mol. The van der Waals surface area contributed by atoms with E-state index >= 15 is 0 Å². The number of carbonyl (C=O) groups excluding carboxylic acids is 1. The summed E-state index contributed by atoms with van der Waals surface area (Å²) >= 11 is 0. The summed E-state index contributed by atoms with van der Waals surface area (Å²) in [7, 11) is 1.35. The fourth-order valence-electron chi connectivity index (χ4n) is 2.44. The molecule has 1 aromatic heterocycles. The number of anilines is 1. The standard InChI is InChI=1S/C14H18N2O4/c1-20-14(19)11-4-6-15-12(8-11)16-7-5-10(9-16)2-3-13(17)18/h4,6,8,10H,2-3,5,7,9H2,1H3,(H,17,18). The van der Waals surface area contributed by atoms with Gasteiger partial charge >= 0.3 is 11.9 Å². The van der Waals surface area contributed by atoms with Crippen LogP contribution < -0.4 is 4.90 Å². The molecule has 1 aliphatic heterocycles. The van der Waals surface area contributed by atoms with E-state index in [0.29, 0.717) is 17.9 Å². The number of carbonyl (C=O) groups is 2. The maximum atomic E-state index is 11.5. The van der Waals surface area contributed by atoms with E-state index in [-0.39, 0.29) is 12.4 Å². The van der Waals surface area contributed by atoms with E-state index in [0.717, 1.165) is 25.3 Å². The number of esters is 1. The molecule has 1 aromatic rings. The number of methoxy groups -OCH3 is 1. The van der Waals surface area contributed by atoms with Crippen molar-refractivity contribution in [2.45, 2.75) is 19.3 Å². The molecule has 1 unspecified atom stereocenters. The minimum absolute atomic E-state index is 0.203. The van der Waals surface area contributed by atoms with Crippen molar-refractivity contribution in [1.82, 2.24) is 4.98 Å². The van der Waals surface area contributed by atoms with Crippen LogP contribution in [0.3, 0.4) is 0 Å². The molecule has 0 radical (unpaired) electrons. The Morgan fingerprint density at radius 2 is 2.35 bits per heavy atom. The number of hydrogen-bond donors (Lipinski definition) is 1. The number of hydrogen-bond acceptors (Lipinski definition) is 5. The molecule has 2 heterocycles. The Labute approximate surface area is 117 Å². The minimum atomic E-state index is -0.755. The summed E-state index contributed by atoms with van der Waals surface area (Å²) in [5.41, 5.74) is 0.478. The number of aliphatic carboxylic acids is 1. The first-order valence-corrected chi connectivity index (χ1v) is 6.61. The lowest BCUT2D eigenvalue weighted by Gasteiger charge is -2.17. The van der Waals surface area contributed by atoms with Crippen molar-refractivity contribution in [2.75, 3.05) is 25.1 Å². The van der Waals surface area contributed by atoms with E-state index in [1.807, 2.05) is 0 Å². The SMILES string of the molecule is COC(=O)c1ccnc(N2CCC(CCC(=O)O)C2)c1. The minimum Gasteiger partial charge on any atom is -0.481 e. The van der Waals surface area contributed by atoms with Gasteiger partial charge in [0.25, 0.3) is 0 Å². The second-order valence-electron chi connectivity index (χ2n) is 4.93.